The topological polar surface area (TPSA) is 93.9 Å². The zero-order valence-corrected chi connectivity index (χ0v) is 19.7. The van der Waals surface area contributed by atoms with Crippen LogP contribution in [0.25, 0.3) is 0 Å². The summed E-state index contributed by atoms with van der Waals surface area (Å²) in [4.78, 5) is 12.4. The lowest BCUT2D eigenvalue weighted by atomic mass is 10.2. The van der Waals surface area contributed by atoms with Crippen LogP contribution in [0.4, 0.5) is 18.9 Å². The number of benzene rings is 2. The third-order valence-corrected chi connectivity index (χ3v) is 7.21. The maximum Gasteiger partial charge on any atom is 0.416 e. The van der Waals surface area contributed by atoms with Crippen LogP contribution in [-0.2, 0) is 33.1 Å². The molecule has 0 unspecified atom stereocenters. The predicted molar refractivity (Wildman–Crippen MR) is 123 cm³/mol. The van der Waals surface area contributed by atoms with Crippen molar-refractivity contribution < 1.29 is 26.4 Å². The second kappa shape index (κ2) is 10.4. The maximum atomic E-state index is 12.9. The van der Waals surface area contributed by atoms with Crippen LogP contribution >= 0.6 is 11.8 Å². The Hall–Kier alpha value is -3.12. The molecule has 3 aromatic rings. The average molecular weight is 511 g/mol. The molecule has 0 atom stereocenters. The lowest BCUT2D eigenvalue weighted by Crippen LogP contribution is -2.16. The van der Waals surface area contributed by atoms with Gasteiger partial charge in [0, 0.05) is 12.2 Å². The number of nitrogens with one attached hydrogen (secondary N) is 1. The van der Waals surface area contributed by atoms with Crippen molar-refractivity contribution >= 4 is 33.2 Å². The van der Waals surface area contributed by atoms with E-state index in [0.717, 1.165) is 29.5 Å². The van der Waals surface area contributed by atoms with Gasteiger partial charge >= 0.3 is 6.18 Å². The smallest absolute Gasteiger partial charge is 0.325 e. The number of hydrogen-bond donors (Lipinski definition) is 1. The Morgan fingerprint density at radius 1 is 1.18 bits per heavy atom. The fourth-order valence-corrected chi connectivity index (χ4v) is 4.98. The number of halogens is 3. The normalized spacial score (nSPS) is 11.9. The molecule has 0 spiro atoms. The number of rotatable bonds is 9. The second-order valence-electron chi connectivity index (χ2n) is 7.29. The highest BCUT2D eigenvalue weighted by Gasteiger charge is 2.30. The largest absolute Gasteiger partial charge is 0.416 e. The summed E-state index contributed by atoms with van der Waals surface area (Å²) >= 11 is 0.981. The summed E-state index contributed by atoms with van der Waals surface area (Å²) in [7, 11) is -3.68. The van der Waals surface area contributed by atoms with Crippen LogP contribution in [0.3, 0.4) is 0 Å². The van der Waals surface area contributed by atoms with E-state index in [9.17, 15) is 26.4 Å². The number of allylic oxidation sites excluding steroid dienone is 1. The van der Waals surface area contributed by atoms with Gasteiger partial charge in [0.15, 0.2) is 15.0 Å². The minimum atomic E-state index is -4.52. The van der Waals surface area contributed by atoms with Gasteiger partial charge < -0.3 is 9.88 Å². The molecule has 0 aliphatic rings. The van der Waals surface area contributed by atoms with E-state index < -0.39 is 33.2 Å². The summed E-state index contributed by atoms with van der Waals surface area (Å²) in [5.74, 6) is -0.933. The quantitative estimate of drug-likeness (QED) is 0.337. The van der Waals surface area contributed by atoms with Gasteiger partial charge in [-0.05, 0) is 37.3 Å². The van der Waals surface area contributed by atoms with Crippen LogP contribution in [-0.4, -0.2) is 34.8 Å². The highest BCUT2D eigenvalue weighted by atomic mass is 32.2. The number of aryl methyl sites for hydroxylation is 1. The zero-order valence-electron chi connectivity index (χ0n) is 18.0. The van der Waals surface area contributed by atoms with Crippen molar-refractivity contribution in [1.29, 1.82) is 0 Å². The number of carbonyl (C=O) groups excluding carboxylic acids is 1. The number of anilines is 1. The van der Waals surface area contributed by atoms with E-state index >= 15 is 0 Å². The summed E-state index contributed by atoms with van der Waals surface area (Å²) in [6.07, 6.45) is -2.98. The number of aromatic nitrogens is 3. The molecule has 3 rings (SSSR count). The molecule has 7 nitrogen and oxygen atoms in total. The molecule has 1 heterocycles. The summed E-state index contributed by atoms with van der Waals surface area (Å²) < 4.78 is 65.7. The molecule has 0 saturated heterocycles. The standard InChI is InChI=1S/C22H21F3N4O3S2/c1-3-11-29-19(14-34(31,32)18-9-7-15(2)8-10-18)27-28-21(29)33-13-20(30)26-17-6-4-5-16(12-17)22(23,24)25/h3-10,12H,1,11,13-14H2,2H3,(H,26,30). The van der Waals surface area contributed by atoms with Gasteiger partial charge in [0.2, 0.25) is 5.91 Å². The van der Waals surface area contributed by atoms with Crippen LogP contribution in [0.1, 0.15) is 17.0 Å². The molecule has 0 aliphatic heterocycles. The Balaban J connectivity index is 1.70. The molecule has 1 N–H and O–H groups in total. The Bertz CT molecular complexity index is 1290. The minimum absolute atomic E-state index is 0.0119. The van der Waals surface area contributed by atoms with Crippen molar-refractivity contribution in [3.63, 3.8) is 0 Å². The van der Waals surface area contributed by atoms with Gasteiger partial charge in [-0.2, -0.15) is 13.2 Å². The Labute approximate surface area is 199 Å². The van der Waals surface area contributed by atoms with Gasteiger partial charge in [0.05, 0.1) is 16.2 Å². The highest BCUT2D eigenvalue weighted by Crippen LogP contribution is 2.30. The first-order valence-corrected chi connectivity index (χ1v) is 12.6. The van der Waals surface area contributed by atoms with E-state index in [-0.39, 0.29) is 33.9 Å². The molecule has 1 amide bonds. The lowest BCUT2D eigenvalue weighted by molar-refractivity contribution is -0.137. The van der Waals surface area contributed by atoms with Gasteiger partial charge in [-0.3, -0.25) is 4.79 Å². The molecular weight excluding hydrogens is 489 g/mol. The highest BCUT2D eigenvalue weighted by molar-refractivity contribution is 7.99. The fourth-order valence-electron chi connectivity index (χ4n) is 2.94. The van der Waals surface area contributed by atoms with Crippen LogP contribution in [0.15, 0.2) is 71.2 Å². The number of thioether (sulfide) groups is 1. The molecule has 0 fully saturated rings. The van der Waals surface area contributed by atoms with Crippen molar-refractivity contribution in [2.24, 2.45) is 0 Å². The van der Waals surface area contributed by atoms with Crippen molar-refractivity contribution in [2.75, 3.05) is 11.1 Å². The molecule has 0 bridgehead atoms. The number of nitrogens with zero attached hydrogens (tertiary/aromatic N) is 3. The first kappa shape index (κ1) is 25.5. The van der Waals surface area contributed by atoms with Crippen molar-refractivity contribution in [2.45, 2.75) is 35.4 Å². The Morgan fingerprint density at radius 3 is 2.53 bits per heavy atom. The molecule has 0 radical (unpaired) electrons. The van der Waals surface area contributed by atoms with Gasteiger partial charge in [-0.1, -0.05) is 41.6 Å². The van der Waals surface area contributed by atoms with E-state index in [4.69, 9.17) is 0 Å². The number of hydrogen-bond acceptors (Lipinski definition) is 6. The van der Waals surface area contributed by atoms with E-state index in [0.29, 0.717) is 0 Å². The van der Waals surface area contributed by atoms with Gasteiger partial charge in [0.1, 0.15) is 11.6 Å². The Morgan fingerprint density at radius 2 is 1.88 bits per heavy atom. The summed E-state index contributed by atoms with van der Waals surface area (Å²) in [6.45, 7) is 5.72. The Kier molecular flexibility index (Phi) is 7.82. The maximum absolute atomic E-state index is 12.9. The summed E-state index contributed by atoms with van der Waals surface area (Å²) in [6, 6.07) is 10.8. The monoisotopic (exact) mass is 510 g/mol. The second-order valence-corrected chi connectivity index (χ2v) is 10.2. The van der Waals surface area contributed by atoms with E-state index in [2.05, 4.69) is 22.1 Å². The molecule has 2 aromatic carbocycles. The number of alkyl halides is 3. The number of amides is 1. The van der Waals surface area contributed by atoms with Crippen LogP contribution in [0, 0.1) is 6.92 Å². The summed E-state index contributed by atoms with van der Waals surface area (Å²) in [5.41, 5.74) is 0.0665. The third kappa shape index (κ3) is 6.48. The fraction of sp³-hybridized carbons (Fsp3) is 0.227. The molecule has 180 valence electrons. The third-order valence-electron chi connectivity index (χ3n) is 4.61. The molecule has 1 aromatic heterocycles. The van der Waals surface area contributed by atoms with E-state index in [1.165, 1.54) is 34.9 Å². The average Bonchev–Trinajstić information content (AvgIpc) is 3.13. The lowest BCUT2D eigenvalue weighted by Gasteiger charge is -2.10. The van der Waals surface area contributed by atoms with Crippen LogP contribution in [0.5, 0.6) is 0 Å². The number of carbonyl (C=O) groups is 1. The van der Waals surface area contributed by atoms with Crippen molar-refractivity contribution in [1.82, 2.24) is 14.8 Å². The van der Waals surface area contributed by atoms with Crippen molar-refractivity contribution in [3.8, 4) is 0 Å². The molecule has 0 saturated carbocycles. The molecule has 12 heteroatoms. The van der Waals surface area contributed by atoms with Crippen LogP contribution in [0.2, 0.25) is 0 Å². The van der Waals surface area contributed by atoms with E-state index in [1.807, 2.05) is 6.92 Å². The first-order valence-electron chi connectivity index (χ1n) is 9.92. The first-order chi connectivity index (χ1) is 16.0. The molecular formula is C22H21F3N4O3S2. The van der Waals surface area contributed by atoms with Gasteiger partial charge in [0.25, 0.3) is 0 Å². The predicted octanol–water partition coefficient (Wildman–Crippen LogP) is 4.50. The minimum Gasteiger partial charge on any atom is -0.325 e. The van der Waals surface area contributed by atoms with E-state index in [1.54, 1.807) is 12.1 Å². The zero-order chi connectivity index (χ0) is 24.9. The molecule has 34 heavy (non-hydrogen) atoms. The van der Waals surface area contributed by atoms with Crippen molar-refractivity contribution in [3.05, 3.63) is 78.1 Å². The van der Waals surface area contributed by atoms with Gasteiger partial charge in [-0.15, -0.1) is 16.8 Å². The van der Waals surface area contributed by atoms with Gasteiger partial charge in [-0.25, -0.2) is 8.42 Å². The van der Waals surface area contributed by atoms with Crippen LogP contribution < -0.4 is 5.32 Å². The SMILES string of the molecule is C=CCn1c(CS(=O)(=O)c2ccc(C)cc2)nnc1SCC(=O)Nc1cccc(C(F)(F)F)c1. The molecule has 0 aliphatic carbocycles. The number of sulfone groups is 1. The summed E-state index contributed by atoms with van der Waals surface area (Å²) in [5, 5.41) is 10.7.